The summed E-state index contributed by atoms with van der Waals surface area (Å²) in [6, 6.07) is 7.69. The predicted molar refractivity (Wildman–Crippen MR) is 84.1 cm³/mol. The first-order chi connectivity index (χ1) is 9.59. The van der Waals surface area contributed by atoms with Gasteiger partial charge < -0.3 is 0 Å². The van der Waals surface area contributed by atoms with Crippen LogP contribution in [-0.4, -0.2) is 13.2 Å². The van der Waals surface area contributed by atoms with E-state index in [1.807, 2.05) is 31.2 Å². The van der Waals surface area contributed by atoms with E-state index >= 15 is 0 Å². The zero-order valence-corrected chi connectivity index (χ0v) is 13.6. The van der Waals surface area contributed by atoms with Crippen molar-refractivity contribution >= 4 is 13.4 Å². The Morgan fingerprint density at radius 3 is 1.95 bits per heavy atom. The molecule has 0 aliphatic rings. The van der Waals surface area contributed by atoms with Crippen LogP contribution in [0.15, 0.2) is 24.3 Å². The van der Waals surface area contributed by atoms with Crippen molar-refractivity contribution < 1.29 is 13.6 Å². The van der Waals surface area contributed by atoms with Crippen molar-refractivity contribution in [2.45, 2.75) is 46.5 Å². The van der Waals surface area contributed by atoms with Crippen molar-refractivity contribution in [2.75, 3.05) is 18.3 Å². The van der Waals surface area contributed by atoms with Crippen molar-refractivity contribution in [3.8, 4) is 0 Å². The molecule has 0 atom stereocenters. The number of unbranched alkanes of at least 4 members (excludes halogenated alkanes) is 2. The largest absolute Gasteiger partial charge is 0.432 e. The lowest BCUT2D eigenvalue weighted by Crippen LogP contribution is -2.07. The van der Waals surface area contributed by atoms with Crippen LogP contribution in [0, 0.1) is 6.92 Å². The fourth-order valence-corrected chi connectivity index (χ4v) is 2.95. The fraction of sp³-hybridized carbons (Fsp3) is 0.600. The van der Waals surface area contributed by atoms with Crippen molar-refractivity contribution in [1.82, 2.24) is 0 Å². The molecule has 0 unspecified atom stereocenters. The summed E-state index contributed by atoms with van der Waals surface area (Å²) < 4.78 is 23.6. The molecule has 1 aromatic carbocycles. The smallest absolute Gasteiger partial charge is 0.293 e. The van der Waals surface area contributed by atoms with Gasteiger partial charge in [-0.2, -0.15) is 0 Å². The fourth-order valence-electron chi connectivity index (χ4n) is 1.55. The molecule has 0 spiro atoms. The number of benzene rings is 1. The molecule has 1 aromatic rings. The molecule has 0 aliphatic heterocycles. The maximum Gasteiger partial charge on any atom is 0.432 e. The summed E-state index contributed by atoms with van der Waals surface area (Å²) >= 11 is 0. The Labute approximate surface area is 122 Å². The maximum absolute atomic E-state index is 12.7. The Balaban J connectivity index is 2.64. The minimum Gasteiger partial charge on any atom is -0.293 e. The minimum absolute atomic E-state index is 0.443. The van der Waals surface area contributed by atoms with Gasteiger partial charge in [0.05, 0.1) is 13.2 Å². The molecular formula is C15H26NO3P. The highest BCUT2D eigenvalue weighted by molar-refractivity contribution is 7.55. The molecule has 0 amide bonds. The summed E-state index contributed by atoms with van der Waals surface area (Å²) in [5.41, 5.74) is 1.91. The number of rotatable bonds is 10. The second kappa shape index (κ2) is 9.17. The van der Waals surface area contributed by atoms with Crippen LogP contribution in [0.3, 0.4) is 0 Å². The first-order valence-corrected chi connectivity index (χ1v) is 8.88. The molecular weight excluding hydrogens is 273 g/mol. The molecule has 1 N–H and O–H groups in total. The average molecular weight is 299 g/mol. The summed E-state index contributed by atoms with van der Waals surface area (Å²) in [4.78, 5) is 0. The van der Waals surface area contributed by atoms with Gasteiger partial charge in [0.2, 0.25) is 0 Å². The minimum atomic E-state index is -3.27. The van der Waals surface area contributed by atoms with E-state index in [9.17, 15) is 4.57 Å². The van der Waals surface area contributed by atoms with Gasteiger partial charge in [0, 0.05) is 5.69 Å². The molecule has 0 aromatic heterocycles. The molecule has 20 heavy (non-hydrogen) atoms. The number of anilines is 1. The third kappa shape index (κ3) is 6.56. The van der Waals surface area contributed by atoms with Crippen molar-refractivity contribution in [3.05, 3.63) is 29.8 Å². The number of hydrogen-bond acceptors (Lipinski definition) is 3. The third-order valence-corrected chi connectivity index (χ3v) is 4.41. The molecule has 0 bridgehead atoms. The van der Waals surface area contributed by atoms with Crippen LogP contribution in [-0.2, 0) is 13.6 Å². The lowest BCUT2D eigenvalue weighted by Gasteiger charge is -2.20. The summed E-state index contributed by atoms with van der Waals surface area (Å²) in [6.07, 6.45) is 3.74. The second-order valence-electron chi connectivity index (χ2n) is 4.85. The predicted octanol–water partition coefficient (Wildman–Crippen LogP) is 5.15. The Hall–Kier alpha value is -0.830. The monoisotopic (exact) mass is 299 g/mol. The van der Waals surface area contributed by atoms with Crippen LogP contribution in [0.1, 0.15) is 45.1 Å². The van der Waals surface area contributed by atoms with Gasteiger partial charge in [-0.25, -0.2) is 4.57 Å². The van der Waals surface area contributed by atoms with Gasteiger partial charge in [0.1, 0.15) is 0 Å². The van der Waals surface area contributed by atoms with E-state index in [4.69, 9.17) is 9.05 Å². The average Bonchev–Trinajstić information content (AvgIpc) is 2.42. The molecule has 0 aliphatic carbocycles. The molecule has 4 nitrogen and oxygen atoms in total. The molecule has 0 saturated carbocycles. The van der Waals surface area contributed by atoms with Crippen LogP contribution in [0.5, 0.6) is 0 Å². The SMILES string of the molecule is CCCCOP(=O)(Nc1ccc(C)cc1)OCCCC. The number of aryl methyl sites for hydroxylation is 1. The molecule has 5 heteroatoms. The van der Waals surface area contributed by atoms with Crippen LogP contribution in [0.2, 0.25) is 0 Å². The van der Waals surface area contributed by atoms with Gasteiger partial charge in [0.25, 0.3) is 0 Å². The van der Waals surface area contributed by atoms with Gasteiger partial charge in [-0.1, -0.05) is 44.4 Å². The second-order valence-corrected chi connectivity index (χ2v) is 6.58. The van der Waals surface area contributed by atoms with Crippen molar-refractivity contribution in [1.29, 1.82) is 0 Å². The zero-order chi connectivity index (χ0) is 14.8. The van der Waals surface area contributed by atoms with Gasteiger partial charge >= 0.3 is 7.75 Å². The van der Waals surface area contributed by atoms with Gasteiger partial charge in [-0.3, -0.25) is 14.1 Å². The highest BCUT2D eigenvalue weighted by atomic mass is 31.2. The zero-order valence-electron chi connectivity index (χ0n) is 12.7. The Morgan fingerprint density at radius 1 is 1.00 bits per heavy atom. The highest BCUT2D eigenvalue weighted by Gasteiger charge is 2.24. The Bertz CT molecular complexity index is 406. The summed E-state index contributed by atoms with van der Waals surface area (Å²) in [6.45, 7) is 7.04. The molecule has 1 rings (SSSR count). The van der Waals surface area contributed by atoms with Gasteiger partial charge in [-0.15, -0.1) is 0 Å². The van der Waals surface area contributed by atoms with Gasteiger partial charge in [-0.05, 0) is 31.9 Å². The summed E-state index contributed by atoms with van der Waals surface area (Å²) in [5.74, 6) is 0. The van der Waals surface area contributed by atoms with Crippen LogP contribution < -0.4 is 5.09 Å². The van der Waals surface area contributed by atoms with E-state index in [0.717, 1.165) is 36.9 Å². The Kier molecular flexibility index (Phi) is 7.90. The van der Waals surface area contributed by atoms with Crippen LogP contribution >= 0.6 is 7.75 Å². The van der Waals surface area contributed by atoms with Crippen LogP contribution in [0.25, 0.3) is 0 Å². The molecule has 0 radical (unpaired) electrons. The van der Waals surface area contributed by atoms with Crippen LogP contribution in [0.4, 0.5) is 5.69 Å². The van der Waals surface area contributed by atoms with E-state index in [2.05, 4.69) is 18.9 Å². The van der Waals surface area contributed by atoms with Crippen molar-refractivity contribution in [2.24, 2.45) is 0 Å². The number of hydrogen-bond donors (Lipinski definition) is 1. The molecule has 114 valence electrons. The standard InChI is InChI=1S/C15H26NO3P/c1-4-6-12-18-20(17,19-13-7-5-2)16-15-10-8-14(3)9-11-15/h8-11H,4-7,12-13H2,1-3H3,(H,16,17). The maximum atomic E-state index is 12.7. The highest BCUT2D eigenvalue weighted by Crippen LogP contribution is 2.48. The first kappa shape index (κ1) is 17.2. The van der Waals surface area contributed by atoms with E-state index in [1.165, 1.54) is 0 Å². The van der Waals surface area contributed by atoms with E-state index in [-0.39, 0.29) is 0 Å². The van der Waals surface area contributed by atoms with Crippen molar-refractivity contribution in [3.63, 3.8) is 0 Å². The van der Waals surface area contributed by atoms with Gasteiger partial charge in [0.15, 0.2) is 0 Å². The number of nitrogens with one attached hydrogen (secondary N) is 1. The quantitative estimate of drug-likeness (QED) is 0.479. The summed E-state index contributed by atoms with van der Waals surface area (Å²) in [7, 11) is -3.27. The lowest BCUT2D eigenvalue weighted by atomic mass is 10.2. The van der Waals surface area contributed by atoms with E-state index in [0.29, 0.717) is 13.2 Å². The lowest BCUT2D eigenvalue weighted by molar-refractivity contribution is 0.204. The first-order valence-electron chi connectivity index (χ1n) is 7.33. The topological polar surface area (TPSA) is 47.6 Å². The molecule has 0 fully saturated rings. The normalized spacial score (nSPS) is 11.6. The van der Waals surface area contributed by atoms with E-state index < -0.39 is 7.75 Å². The Morgan fingerprint density at radius 2 is 1.50 bits per heavy atom. The molecule has 0 saturated heterocycles. The van der Waals surface area contributed by atoms with E-state index in [1.54, 1.807) is 0 Å². The summed E-state index contributed by atoms with van der Waals surface area (Å²) in [5, 5.41) is 2.91. The molecule has 0 heterocycles. The third-order valence-electron chi connectivity index (χ3n) is 2.84.